The number of methoxy groups -OCH3 is 1. The van der Waals surface area contributed by atoms with Gasteiger partial charge in [-0.25, -0.2) is 0 Å². The van der Waals surface area contributed by atoms with Crippen molar-refractivity contribution < 1.29 is 14.3 Å². The van der Waals surface area contributed by atoms with Gasteiger partial charge in [0.05, 0.1) is 13.2 Å². The molecule has 1 saturated heterocycles. The third kappa shape index (κ3) is 6.31. The van der Waals surface area contributed by atoms with E-state index in [0.29, 0.717) is 19.5 Å². The number of amides is 2. The summed E-state index contributed by atoms with van der Waals surface area (Å²) in [6, 6.07) is 15.4. The summed E-state index contributed by atoms with van der Waals surface area (Å²) >= 11 is 0. The summed E-state index contributed by atoms with van der Waals surface area (Å²) in [5, 5.41) is 3.04. The molecule has 1 heterocycles. The van der Waals surface area contributed by atoms with Crippen LogP contribution >= 0.6 is 0 Å². The van der Waals surface area contributed by atoms with Crippen LogP contribution in [0, 0.1) is 6.92 Å². The molecule has 2 amide bonds. The standard InChI is InChI=1S/C25H33N3O3/c1-19-7-4-5-8-23(19)26-25(30)20(2)27-15-6-16-28(18-17-27)24(29)14-11-21-9-12-22(31-3)13-10-21/h4-5,7-10,12-13,20H,6,11,14-18H2,1-3H3,(H,26,30). The molecule has 0 aliphatic carbocycles. The summed E-state index contributed by atoms with van der Waals surface area (Å²) in [4.78, 5) is 29.6. The van der Waals surface area contributed by atoms with E-state index in [1.165, 1.54) is 0 Å². The monoisotopic (exact) mass is 423 g/mol. The minimum Gasteiger partial charge on any atom is -0.497 e. The Balaban J connectivity index is 1.48. The van der Waals surface area contributed by atoms with Crippen LogP contribution < -0.4 is 10.1 Å². The Hall–Kier alpha value is -2.86. The second-order valence-electron chi connectivity index (χ2n) is 8.10. The molecule has 0 bridgehead atoms. The Morgan fingerprint density at radius 2 is 1.77 bits per heavy atom. The molecule has 166 valence electrons. The highest BCUT2D eigenvalue weighted by atomic mass is 16.5. The lowest BCUT2D eigenvalue weighted by atomic mass is 10.1. The van der Waals surface area contributed by atoms with Crippen LogP contribution in [0.1, 0.15) is 30.9 Å². The van der Waals surface area contributed by atoms with Crippen LogP contribution in [0.2, 0.25) is 0 Å². The Kier molecular flexibility index (Phi) is 8.06. The molecule has 6 heteroatoms. The lowest BCUT2D eigenvalue weighted by Crippen LogP contribution is -2.44. The lowest BCUT2D eigenvalue weighted by molar-refractivity contribution is -0.131. The zero-order valence-electron chi connectivity index (χ0n) is 18.8. The predicted octanol–water partition coefficient (Wildman–Crippen LogP) is 3.50. The van der Waals surface area contributed by atoms with Crippen molar-refractivity contribution in [2.24, 2.45) is 0 Å². The number of anilines is 1. The van der Waals surface area contributed by atoms with Gasteiger partial charge in [-0.1, -0.05) is 30.3 Å². The highest BCUT2D eigenvalue weighted by molar-refractivity contribution is 5.95. The van der Waals surface area contributed by atoms with E-state index in [4.69, 9.17) is 4.74 Å². The molecular weight excluding hydrogens is 390 g/mol. The Morgan fingerprint density at radius 3 is 2.48 bits per heavy atom. The normalized spacial score (nSPS) is 15.8. The smallest absolute Gasteiger partial charge is 0.241 e. The van der Waals surface area contributed by atoms with Crippen LogP contribution in [0.15, 0.2) is 48.5 Å². The predicted molar refractivity (Wildman–Crippen MR) is 123 cm³/mol. The Morgan fingerprint density at radius 1 is 1.03 bits per heavy atom. The molecule has 2 aromatic carbocycles. The van der Waals surface area contributed by atoms with E-state index in [9.17, 15) is 9.59 Å². The van der Waals surface area contributed by atoms with Crippen molar-refractivity contribution in [2.75, 3.05) is 38.6 Å². The average molecular weight is 424 g/mol. The van der Waals surface area contributed by atoms with Crippen molar-refractivity contribution in [3.63, 3.8) is 0 Å². The van der Waals surface area contributed by atoms with Crippen molar-refractivity contribution in [1.82, 2.24) is 9.80 Å². The second-order valence-corrected chi connectivity index (χ2v) is 8.10. The van der Waals surface area contributed by atoms with Crippen LogP contribution in [0.3, 0.4) is 0 Å². The number of carbonyl (C=O) groups excluding carboxylic acids is 2. The van der Waals surface area contributed by atoms with Gasteiger partial charge in [0.2, 0.25) is 11.8 Å². The summed E-state index contributed by atoms with van der Waals surface area (Å²) < 4.78 is 5.18. The van der Waals surface area contributed by atoms with Crippen LogP contribution in [0.4, 0.5) is 5.69 Å². The van der Waals surface area contributed by atoms with Gasteiger partial charge >= 0.3 is 0 Å². The van der Waals surface area contributed by atoms with Crippen LogP contribution in [-0.4, -0.2) is 60.9 Å². The third-order valence-corrected chi connectivity index (χ3v) is 6.00. The molecule has 1 atom stereocenters. The van der Waals surface area contributed by atoms with E-state index in [-0.39, 0.29) is 17.9 Å². The summed E-state index contributed by atoms with van der Waals surface area (Å²) in [6.07, 6.45) is 2.09. The molecule has 3 rings (SSSR count). The average Bonchev–Trinajstić information content (AvgIpc) is 3.05. The molecule has 0 spiro atoms. The number of nitrogens with one attached hydrogen (secondary N) is 1. The first kappa shape index (κ1) is 22.8. The molecule has 2 aromatic rings. The van der Waals surface area contributed by atoms with Crippen LogP contribution in [-0.2, 0) is 16.0 Å². The molecule has 0 saturated carbocycles. The molecule has 0 aromatic heterocycles. The van der Waals surface area contributed by atoms with E-state index in [1.54, 1.807) is 7.11 Å². The number of ether oxygens (including phenoxy) is 1. The van der Waals surface area contributed by atoms with E-state index in [0.717, 1.165) is 48.5 Å². The molecular formula is C25H33N3O3. The fourth-order valence-electron chi connectivity index (χ4n) is 3.89. The fourth-order valence-corrected chi connectivity index (χ4v) is 3.89. The van der Waals surface area contributed by atoms with Gasteiger partial charge in [-0.3, -0.25) is 14.5 Å². The fraction of sp³-hybridized carbons (Fsp3) is 0.440. The first-order valence-corrected chi connectivity index (χ1v) is 11.0. The molecule has 0 radical (unpaired) electrons. The van der Waals surface area contributed by atoms with E-state index < -0.39 is 0 Å². The largest absolute Gasteiger partial charge is 0.497 e. The minimum absolute atomic E-state index is 0.00594. The lowest BCUT2D eigenvalue weighted by Gasteiger charge is -2.27. The number of hydrogen-bond acceptors (Lipinski definition) is 4. The summed E-state index contributed by atoms with van der Waals surface area (Å²) in [5.74, 6) is 0.992. The molecule has 6 nitrogen and oxygen atoms in total. The highest BCUT2D eigenvalue weighted by Gasteiger charge is 2.25. The highest BCUT2D eigenvalue weighted by Crippen LogP contribution is 2.16. The summed E-state index contributed by atoms with van der Waals surface area (Å²) in [7, 11) is 1.65. The number of para-hydroxylation sites is 1. The quantitative estimate of drug-likeness (QED) is 0.741. The van der Waals surface area contributed by atoms with E-state index in [1.807, 2.05) is 67.3 Å². The maximum Gasteiger partial charge on any atom is 0.241 e. The van der Waals surface area contributed by atoms with Crippen LogP contribution in [0.25, 0.3) is 0 Å². The van der Waals surface area contributed by atoms with Gasteiger partial charge in [0.15, 0.2) is 0 Å². The number of rotatable bonds is 7. The summed E-state index contributed by atoms with van der Waals surface area (Å²) in [5.41, 5.74) is 3.03. The Bertz CT molecular complexity index is 882. The van der Waals surface area contributed by atoms with Gasteiger partial charge < -0.3 is 15.0 Å². The van der Waals surface area contributed by atoms with Gasteiger partial charge in [0, 0.05) is 38.3 Å². The first-order valence-electron chi connectivity index (χ1n) is 11.0. The van der Waals surface area contributed by atoms with E-state index in [2.05, 4.69) is 10.2 Å². The van der Waals surface area contributed by atoms with Crippen molar-refractivity contribution in [2.45, 2.75) is 39.2 Å². The van der Waals surface area contributed by atoms with Crippen molar-refractivity contribution in [3.05, 3.63) is 59.7 Å². The summed E-state index contributed by atoms with van der Waals surface area (Å²) in [6.45, 7) is 6.84. The van der Waals surface area contributed by atoms with Gasteiger partial charge in [-0.05, 0) is 56.0 Å². The second kappa shape index (κ2) is 11.0. The maximum atomic E-state index is 12.8. The number of carbonyl (C=O) groups is 2. The molecule has 1 aliphatic rings. The van der Waals surface area contributed by atoms with Crippen LogP contribution in [0.5, 0.6) is 5.75 Å². The SMILES string of the molecule is COc1ccc(CCC(=O)N2CCCN(C(C)C(=O)Nc3ccccc3C)CC2)cc1. The van der Waals surface area contributed by atoms with Gasteiger partial charge in [0.25, 0.3) is 0 Å². The molecule has 1 fully saturated rings. The van der Waals surface area contributed by atoms with Gasteiger partial charge in [-0.2, -0.15) is 0 Å². The molecule has 1 unspecified atom stereocenters. The molecule has 1 N–H and O–H groups in total. The molecule has 31 heavy (non-hydrogen) atoms. The van der Waals surface area contributed by atoms with Crippen molar-refractivity contribution in [3.8, 4) is 5.75 Å². The zero-order valence-corrected chi connectivity index (χ0v) is 18.8. The van der Waals surface area contributed by atoms with Crippen molar-refractivity contribution >= 4 is 17.5 Å². The third-order valence-electron chi connectivity index (χ3n) is 6.00. The molecule has 1 aliphatic heterocycles. The zero-order chi connectivity index (χ0) is 22.2. The number of aryl methyl sites for hydroxylation is 2. The van der Waals surface area contributed by atoms with Gasteiger partial charge in [-0.15, -0.1) is 0 Å². The topological polar surface area (TPSA) is 61.9 Å². The Labute approximate surface area is 185 Å². The number of benzene rings is 2. The minimum atomic E-state index is -0.242. The maximum absolute atomic E-state index is 12.8. The number of hydrogen-bond donors (Lipinski definition) is 1. The van der Waals surface area contributed by atoms with Crippen molar-refractivity contribution in [1.29, 1.82) is 0 Å². The van der Waals surface area contributed by atoms with E-state index >= 15 is 0 Å². The first-order chi connectivity index (χ1) is 15.0. The van der Waals surface area contributed by atoms with Gasteiger partial charge in [0.1, 0.15) is 5.75 Å². The number of nitrogens with zero attached hydrogens (tertiary/aromatic N) is 2.